The summed E-state index contributed by atoms with van der Waals surface area (Å²) in [6.07, 6.45) is -1.04. The van der Waals surface area contributed by atoms with Crippen LogP contribution in [0.1, 0.15) is 24.0 Å². The molecule has 112 valence electrons. The summed E-state index contributed by atoms with van der Waals surface area (Å²) in [6, 6.07) is 5.17. The number of amides is 2. The van der Waals surface area contributed by atoms with Gasteiger partial charge in [0.2, 0.25) is 5.91 Å². The van der Waals surface area contributed by atoms with Crippen LogP contribution < -0.4 is 0 Å². The SMILES string of the molecule is O=C1C=CCCN1C(=O)CCc1ccccc1C(F)(F)F. The third kappa shape index (κ3) is 3.71. The molecule has 0 saturated carbocycles. The maximum absolute atomic E-state index is 12.8. The molecule has 21 heavy (non-hydrogen) atoms. The van der Waals surface area contributed by atoms with Gasteiger partial charge < -0.3 is 0 Å². The number of alkyl halides is 3. The van der Waals surface area contributed by atoms with Crippen LogP contribution in [0, 0.1) is 0 Å². The fourth-order valence-electron chi connectivity index (χ4n) is 2.23. The molecule has 0 radical (unpaired) electrons. The molecule has 0 N–H and O–H groups in total. The fourth-order valence-corrected chi connectivity index (χ4v) is 2.23. The van der Waals surface area contributed by atoms with Gasteiger partial charge in [-0.3, -0.25) is 14.5 Å². The molecule has 0 atom stereocenters. The lowest BCUT2D eigenvalue weighted by Crippen LogP contribution is -2.38. The average Bonchev–Trinajstić information content (AvgIpc) is 2.44. The molecule has 2 amide bonds. The van der Waals surface area contributed by atoms with Gasteiger partial charge in [0.25, 0.3) is 5.91 Å². The summed E-state index contributed by atoms with van der Waals surface area (Å²) in [5.74, 6) is -0.850. The second kappa shape index (κ2) is 6.11. The van der Waals surface area contributed by atoms with E-state index in [2.05, 4.69) is 0 Å². The molecular formula is C15H14F3NO2. The molecule has 0 unspecified atom stereocenters. The first kappa shape index (κ1) is 15.3. The lowest BCUT2D eigenvalue weighted by Gasteiger charge is -2.21. The first-order valence-corrected chi connectivity index (χ1v) is 6.55. The molecule has 0 fully saturated rings. The van der Waals surface area contributed by atoms with Crippen molar-refractivity contribution in [2.24, 2.45) is 0 Å². The van der Waals surface area contributed by atoms with Crippen LogP contribution in [-0.4, -0.2) is 23.3 Å². The summed E-state index contributed by atoms with van der Waals surface area (Å²) in [7, 11) is 0. The molecular weight excluding hydrogens is 283 g/mol. The smallest absolute Gasteiger partial charge is 0.279 e. The van der Waals surface area contributed by atoms with Gasteiger partial charge in [0.15, 0.2) is 0 Å². The Morgan fingerprint density at radius 1 is 1.24 bits per heavy atom. The second-order valence-corrected chi connectivity index (χ2v) is 4.73. The highest BCUT2D eigenvalue weighted by Gasteiger charge is 2.33. The molecule has 1 aromatic rings. The highest BCUT2D eigenvalue weighted by atomic mass is 19.4. The Morgan fingerprint density at radius 3 is 2.62 bits per heavy atom. The number of imide groups is 1. The number of carbonyl (C=O) groups excluding carboxylic acids is 2. The number of hydrogen-bond donors (Lipinski definition) is 0. The first-order chi connectivity index (χ1) is 9.89. The van der Waals surface area contributed by atoms with Crippen LogP contribution >= 0.6 is 0 Å². The minimum Gasteiger partial charge on any atom is -0.279 e. The second-order valence-electron chi connectivity index (χ2n) is 4.73. The quantitative estimate of drug-likeness (QED) is 0.860. The van der Waals surface area contributed by atoms with E-state index in [9.17, 15) is 22.8 Å². The topological polar surface area (TPSA) is 37.4 Å². The average molecular weight is 297 g/mol. The van der Waals surface area contributed by atoms with Crippen molar-refractivity contribution >= 4 is 11.8 Å². The summed E-state index contributed by atoms with van der Waals surface area (Å²) < 4.78 is 38.5. The highest BCUT2D eigenvalue weighted by molar-refractivity contribution is 6.01. The van der Waals surface area contributed by atoms with E-state index >= 15 is 0 Å². The zero-order valence-electron chi connectivity index (χ0n) is 11.2. The molecule has 2 rings (SSSR count). The Labute approximate surface area is 120 Å². The largest absolute Gasteiger partial charge is 0.416 e. The molecule has 0 bridgehead atoms. The molecule has 0 saturated heterocycles. The van der Waals surface area contributed by atoms with Crippen LogP contribution in [0.3, 0.4) is 0 Å². The molecule has 1 aliphatic heterocycles. The van der Waals surface area contributed by atoms with E-state index in [1.54, 1.807) is 6.08 Å². The third-order valence-electron chi connectivity index (χ3n) is 3.28. The molecule has 0 spiro atoms. The zero-order chi connectivity index (χ0) is 15.5. The van der Waals surface area contributed by atoms with E-state index in [-0.39, 0.29) is 24.9 Å². The van der Waals surface area contributed by atoms with Gasteiger partial charge in [0, 0.05) is 13.0 Å². The predicted octanol–water partition coefficient (Wildman–Crippen LogP) is 2.95. The van der Waals surface area contributed by atoms with E-state index < -0.39 is 23.6 Å². The van der Waals surface area contributed by atoms with E-state index in [4.69, 9.17) is 0 Å². The Kier molecular flexibility index (Phi) is 4.45. The maximum Gasteiger partial charge on any atom is 0.416 e. The fraction of sp³-hybridized carbons (Fsp3) is 0.333. The van der Waals surface area contributed by atoms with Crippen molar-refractivity contribution in [3.63, 3.8) is 0 Å². The molecule has 1 heterocycles. The molecule has 0 aromatic heterocycles. The van der Waals surface area contributed by atoms with Gasteiger partial charge in [-0.05, 0) is 30.5 Å². The van der Waals surface area contributed by atoms with Crippen molar-refractivity contribution in [1.82, 2.24) is 4.90 Å². The number of halogens is 3. The Hall–Kier alpha value is -2.11. The molecule has 3 nitrogen and oxygen atoms in total. The first-order valence-electron chi connectivity index (χ1n) is 6.55. The van der Waals surface area contributed by atoms with E-state index in [1.165, 1.54) is 24.3 Å². The maximum atomic E-state index is 12.8. The van der Waals surface area contributed by atoms with Crippen molar-refractivity contribution in [2.45, 2.75) is 25.4 Å². The summed E-state index contributed by atoms with van der Waals surface area (Å²) in [6.45, 7) is 0.287. The van der Waals surface area contributed by atoms with Crippen LogP contribution in [0.15, 0.2) is 36.4 Å². The Bertz CT molecular complexity index is 579. The standard InChI is InChI=1S/C15H14F3NO2/c16-15(17,18)12-6-2-1-5-11(12)8-9-14(21)19-10-4-3-7-13(19)20/h1-3,5-7H,4,8-10H2. The van der Waals surface area contributed by atoms with Crippen LogP contribution in [0.4, 0.5) is 13.2 Å². The normalized spacial score (nSPS) is 15.4. The zero-order valence-corrected chi connectivity index (χ0v) is 11.2. The van der Waals surface area contributed by atoms with Gasteiger partial charge in [0.1, 0.15) is 0 Å². The van der Waals surface area contributed by atoms with Crippen LogP contribution in [-0.2, 0) is 22.2 Å². The number of carbonyl (C=O) groups is 2. The Morgan fingerprint density at radius 2 is 1.95 bits per heavy atom. The third-order valence-corrected chi connectivity index (χ3v) is 3.28. The molecule has 6 heteroatoms. The lowest BCUT2D eigenvalue weighted by molar-refractivity contribution is -0.143. The monoisotopic (exact) mass is 297 g/mol. The van der Waals surface area contributed by atoms with E-state index in [0.29, 0.717) is 6.42 Å². The number of benzene rings is 1. The minimum atomic E-state index is -4.44. The van der Waals surface area contributed by atoms with Crippen molar-refractivity contribution < 1.29 is 22.8 Å². The number of nitrogens with zero attached hydrogens (tertiary/aromatic N) is 1. The summed E-state index contributed by atoms with van der Waals surface area (Å²) >= 11 is 0. The lowest BCUT2D eigenvalue weighted by atomic mass is 10.0. The predicted molar refractivity (Wildman–Crippen MR) is 70.2 cm³/mol. The number of hydrogen-bond acceptors (Lipinski definition) is 2. The van der Waals surface area contributed by atoms with Crippen molar-refractivity contribution in [3.05, 3.63) is 47.5 Å². The number of aryl methyl sites for hydroxylation is 1. The molecule has 0 aliphatic carbocycles. The molecule has 1 aromatic carbocycles. The number of rotatable bonds is 3. The van der Waals surface area contributed by atoms with Gasteiger partial charge in [-0.1, -0.05) is 24.3 Å². The minimum absolute atomic E-state index is 0.0397. The highest BCUT2D eigenvalue weighted by Crippen LogP contribution is 2.32. The van der Waals surface area contributed by atoms with Crippen molar-refractivity contribution in [2.75, 3.05) is 6.54 Å². The van der Waals surface area contributed by atoms with E-state index in [1.807, 2.05) is 0 Å². The Balaban J connectivity index is 2.05. The van der Waals surface area contributed by atoms with Gasteiger partial charge in [-0.15, -0.1) is 0 Å². The van der Waals surface area contributed by atoms with Crippen molar-refractivity contribution in [3.8, 4) is 0 Å². The van der Waals surface area contributed by atoms with Gasteiger partial charge in [-0.2, -0.15) is 13.2 Å². The van der Waals surface area contributed by atoms with Gasteiger partial charge in [-0.25, -0.2) is 0 Å². The van der Waals surface area contributed by atoms with Crippen LogP contribution in [0.5, 0.6) is 0 Å². The van der Waals surface area contributed by atoms with Crippen LogP contribution in [0.25, 0.3) is 0 Å². The summed E-state index contributed by atoms with van der Waals surface area (Å²) in [4.78, 5) is 24.5. The van der Waals surface area contributed by atoms with Crippen molar-refractivity contribution in [1.29, 1.82) is 0 Å². The summed E-state index contributed by atoms with van der Waals surface area (Å²) in [5, 5.41) is 0. The summed E-state index contributed by atoms with van der Waals surface area (Å²) in [5.41, 5.74) is -0.666. The van der Waals surface area contributed by atoms with Crippen LogP contribution in [0.2, 0.25) is 0 Å². The van der Waals surface area contributed by atoms with E-state index in [0.717, 1.165) is 11.0 Å². The molecule has 1 aliphatic rings. The van der Waals surface area contributed by atoms with Gasteiger partial charge >= 0.3 is 6.18 Å². The van der Waals surface area contributed by atoms with Gasteiger partial charge in [0.05, 0.1) is 5.56 Å².